The SMILES string of the molecule is C1=CNSCCC1. The third-order valence-electron chi connectivity index (χ3n) is 0.886. The number of nitrogens with one attached hydrogen (secondary N) is 1. The van der Waals surface area contributed by atoms with Crippen LogP contribution < -0.4 is 4.72 Å². The van der Waals surface area contributed by atoms with E-state index in [-0.39, 0.29) is 0 Å². The van der Waals surface area contributed by atoms with E-state index in [4.69, 9.17) is 0 Å². The summed E-state index contributed by atoms with van der Waals surface area (Å²) in [7, 11) is 0. The van der Waals surface area contributed by atoms with Crippen molar-refractivity contribution in [3.8, 4) is 0 Å². The Bertz CT molecular complexity index is 62.5. The van der Waals surface area contributed by atoms with Crippen LogP contribution >= 0.6 is 11.9 Å². The molecule has 0 aromatic carbocycles. The molecule has 0 fully saturated rings. The predicted octanol–water partition coefficient (Wildman–Crippen LogP) is 1.53. The van der Waals surface area contributed by atoms with E-state index < -0.39 is 0 Å². The van der Waals surface area contributed by atoms with Crippen LogP contribution in [-0.2, 0) is 0 Å². The molecule has 1 N–H and O–H groups in total. The van der Waals surface area contributed by atoms with Crippen LogP contribution in [0.1, 0.15) is 12.8 Å². The standard InChI is InChI=1S/C5H9NS/c1-2-4-6-7-5-3-1/h2,4,6H,1,3,5H2. The highest BCUT2D eigenvalue weighted by atomic mass is 32.2. The third-order valence-corrected chi connectivity index (χ3v) is 1.68. The lowest BCUT2D eigenvalue weighted by atomic mass is 10.3. The first-order chi connectivity index (χ1) is 3.50. The molecule has 1 nitrogen and oxygen atoms in total. The Morgan fingerprint density at radius 2 is 2.57 bits per heavy atom. The Balaban J connectivity index is 2.20. The summed E-state index contributed by atoms with van der Waals surface area (Å²) < 4.78 is 3.08. The van der Waals surface area contributed by atoms with E-state index in [0.29, 0.717) is 0 Å². The lowest BCUT2D eigenvalue weighted by Gasteiger charge is -1.89. The van der Waals surface area contributed by atoms with E-state index in [9.17, 15) is 0 Å². The lowest BCUT2D eigenvalue weighted by Crippen LogP contribution is -1.87. The fourth-order valence-electron chi connectivity index (χ4n) is 0.512. The van der Waals surface area contributed by atoms with Crippen LogP contribution in [0.15, 0.2) is 12.3 Å². The van der Waals surface area contributed by atoms with Gasteiger partial charge in [0.2, 0.25) is 0 Å². The highest BCUT2D eigenvalue weighted by molar-refractivity contribution is 7.97. The van der Waals surface area contributed by atoms with Gasteiger partial charge in [0.1, 0.15) is 0 Å². The maximum Gasteiger partial charge on any atom is 0.0135 e. The number of hydrogen-bond donors (Lipinski definition) is 1. The van der Waals surface area contributed by atoms with Gasteiger partial charge in [-0.1, -0.05) is 18.0 Å². The van der Waals surface area contributed by atoms with E-state index >= 15 is 0 Å². The van der Waals surface area contributed by atoms with Gasteiger partial charge in [-0.15, -0.1) is 0 Å². The molecule has 0 aliphatic carbocycles. The Kier molecular flexibility index (Phi) is 2.13. The predicted molar refractivity (Wildman–Crippen MR) is 34.0 cm³/mol. The zero-order valence-corrected chi connectivity index (χ0v) is 5.00. The van der Waals surface area contributed by atoms with Crippen molar-refractivity contribution in [1.29, 1.82) is 0 Å². The van der Waals surface area contributed by atoms with E-state index in [1.807, 2.05) is 6.20 Å². The molecule has 0 radical (unpaired) electrons. The second-order valence-electron chi connectivity index (χ2n) is 1.51. The Morgan fingerprint density at radius 3 is 3.57 bits per heavy atom. The zero-order chi connectivity index (χ0) is 4.95. The van der Waals surface area contributed by atoms with Gasteiger partial charge in [-0.2, -0.15) is 0 Å². The number of allylic oxidation sites excluding steroid dienone is 1. The van der Waals surface area contributed by atoms with Crippen molar-refractivity contribution in [1.82, 2.24) is 4.72 Å². The van der Waals surface area contributed by atoms with Crippen LogP contribution in [-0.4, -0.2) is 5.75 Å². The average molecular weight is 115 g/mol. The van der Waals surface area contributed by atoms with Gasteiger partial charge in [0.25, 0.3) is 0 Å². The average Bonchev–Trinajstić information content (AvgIpc) is 1.90. The minimum atomic E-state index is 1.24. The Labute approximate surface area is 48.3 Å². The van der Waals surface area contributed by atoms with Gasteiger partial charge in [-0.3, -0.25) is 0 Å². The smallest absolute Gasteiger partial charge is 0.0135 e. The van der Waals surface area contributed by atoms with E-state index in [0.717, 1.165) is 0 Å². The van der Waals surface area contributed by atoms with Crippen molar-refractivity contribution in [3.63, 3.8) is 0 Å². The molecule has 1 rings (SSSR count). The highest BCUT2D eigenvalue weighted by Gasteiger charge is 1.87. The molecule has 2 heteroatoms. The fraction of sp³-hybridized carbons (Fsp3) is 0.600. The monoisotopic (exact) mass is 115 g/mol. The largest absolute Gasteiger partial charge is 0.337 e. The van der Waals surface area contributed by atoms with Gasteiger partial charge < -0.3 is 4.72 Å². The van der Waals surface area contributed by atoms with Crippen LogP contribution in [0.2, 0.25) is 0 Å². The van der Waals surface area contributed by atoms with Crippen molar-refractivity contribution in [2.75, 3.05) is 5.75 Å². The minimum absolute atomic E-state index is 1.24. The van der Waals surface area contributed by atoms with Gasteiger partial charge in [-0.05, 0) is 12.8 Å². The molecule has 1 aliphatic rings. The molecule has 0 unspecified atom stereocenters. The first kappa shape index (κ1) is 5.04. The summed E-state index contributed by atoms with van der Waals surface area (Å²) in [5, 5.41) is 0. The summed E-state index contributed by atoms with van der Waals surface area (Å²) in [4.78, 5) is 0. The molecule has 0 bridgehead atoms. The van der Waals surface area contributed by atoms with Gasteiger partial charge in [0.05, 0.1) is 0 Å². The summed E-state index contributed by atoms with van der Waals surface area (Å²) in [6.07, 6.45) is 6.73. The minimum Gasteiger partial charge on any atom is -0.337 e. The number of hydrogen-bond acceptors (Lipinski definition) is 2. The van der Waals surface area contributed by atoms with Crippen LogP contribution in [0, 0.1) is 0 Å². The summed E-state index contributed by atoms with van der Waals surface area (Å²) in [6.45, 7) is 0. The molecule has 0 atom stereocenters. The third kappa shape index (κ3) is 1.88. The maximum absolute atomic E-state index is 3.08. The van der Waals surface area contributed by atoms with Crippen molar-refractivity contribution < 1.29 is 0 Å². The van der Waals surface area contributed by atoms with Crippen LogP contribution in [0.5, 0.6) is 0 Å². The first-order valence-corrected chi connectivity index (χ1v) is 3.51. The van der Waals surface area contributed by atoms with Crippen molar-refractivity contribution in [2.45, 2.75) is 12.8 Å². The van der Waals surface area contributed by atoms with Crippen molar-refractivity contribution in [3.05, 3.63) is 12.3 Å². The zero-order valence-electron chi connectivity index (χ0n) is 4.18. The Hall–Kier alpha value is -0.110. The van der Waals surface area contributed by atoms with Gasteiger partial charge in [0.15, 0.2) is 0 Å². The molecule has 0 saturated heterocycles. The maximum atomic E-state index is 3.08. The van der Waals surface area contributed by atoms with Gasteiger partial charge in [0, 0.05) is 12.0 Å². The van der Waals surface area contributed by atoms with Crippen LogP contribution in [0.4, 0.5) is 0 Å². The summed E-state index contributed by atoms with van der Waals surface area (Å²) in [5.74, 6) is 1.24. The molecule has 40 valence electrons. The van der Waals surface area contributed by atoms with Crippen molar-refractivity contribution >= 4 is 11.9 Å². The topological polar surface area (TPSA) is 12.0 Å². The molecule has 1 aliphatic heterocycles. The first-order valence-electron chi connectivity index (χ1n) is 2.52. The molecule has 0 amide bonds. The van der Waals surface area contributed by atoms with Crippen LogP contribution in [0.25, 0.3) is 0 Å². The van der Waals surface area contributed by atoms with Crippen molar-refractivity contribution in [2.24, 2.45) is 0 Å². The second-order valence-corrected chi connectivity index (χ2v) is 2.44. The lowest BCUT2D eigenvalue weighted by molar-refractivity contribution is 0.978. The normalized spacial score (nSPS) is 20.6. The summed E-state index contributed by atoms with van der Waals surface area (Å²) >= 11 is 1.78. The molecule has 0 aromatic rings. The van der Waals surface area contributed by atoms with Gasteiger partial charge >= 0.3 is 0 Å². The number of rotatable bonds is 0. The molecule has 0 aromatic heterocycles. The molecule has 0 saturated carbocycles. The quantitative estimate of drug-likeness (QED) is 0.480. The van der Waals surface area contributed by atoms with E-state index in [2.05, 4.69) is 10.8 Å². The van der Waals surface area contributed by atoms with Gasteiger partial charge in [-0.25, -0.2) is 0 Å². The molecular formula is C5H9NS. The molecule has 7 heavy (non-hydrogen) atoms. The molecule has 0 spiro atoms. The molecule has 1 heterocycles. The Morgan fingerprint density at radius 1 is 1.57 bits per heavy atom. The summed E-state index contributed by atoms with van der Waals surface area (Å²) in [5.41, 5.74) is 0. The van der Waals surface area contributed by atoms with Crippen LogP contribution in [0.3, 0.4) is 0 Å². The van der Waals surface area contributed by atoms with E-state index in [1.54, 1.807) is 11.9 Å². The molecular weight excluding hydrogens is 106 g/mol. The second kappa shape index (κ2) is 2.97. The fourth-order valence-corrected chi connectivity index (χ4v) is 1.13. The van der Waals surface area contributed by atoms with E-state index in [1.165, 1.54) is 18.6 Å². The highest BCUT2D eigenvalue weighted by Crippen LogP contribution is 2.04. The summed E-state index contributed by atoms with van der Waals surface area (Å²) in [6, 6.07) is 0.